The molecule has 1 fully saturated rings. The van der Waals surface area contributed by atoms with Crippen LogP contribution in [-0.4, -0.2) is 59.6 Å². The van der Waals surface area contributed by atoms with E-state index in [1.165, 1.54) is 0 Å². The minimum Gasteiger partial charge on any atom is -0.497 e. The predicted octanol–water partition coefficient (Wildman–Crippen LogP) is 3.86. The highest BCUT2D eigenvalue weighted by Gasteiger charge is 2.25. The maximum Gasteiger partial charge on any atom is 0.224 e. The first-order valence-corrected chi connectivity index (χ1v) is 11.2. The van der Waals surface area contributed by atoms with Crippen molar-refractivity contribution in [3.8, 4) is 5.75 Å². The molecule has 1 saturated heterocycles. The lowest BCUT2D eigenvalue weighted by molar-refractivity contribution is -0.132. The van der Waals surface area contributed by atoms with Crippen LogP contribution < -0.4 is 15.0 Å². The topological polar surface area (TPSA) is 83.5 Å². The maximum absolute atomic E-state index is 12.9. The summed E-state index contributed by atoms with van der Waals surface area (Å²) in [4.78, 5) is 29.9. The Hall–Kier alpha value is -3.68. The maximum atomic E-state index is 12.9. The van der Waals surface area contributed by atoms with Crippen molar-refractivity contribution in [1.29, 1.82) is 0 Å². The van der Waals surface area contributed by atoms with Crippen LogP contribution in [-0.2, 0) is 4.79 Å². The fourth-order valence-electron chi connectivity index (χ4n) is 4.08. The number of carbonyl (C=O) groups is 1. The van der Waals surface area contributed by atoms with Crippen LogP contribution in [0.5, 0.6) is 5.75 Å². The molecule has 3 aromatic rings. The lowest BCUT2D eigenvalue weighted by Gasteiger charge is -2.33. The standard InChI is InChI=1S/C25H30N6O2/c1-30(21-6-3-7-22(15-21)33-2)14-10-25(32)31-13-4-5-19(18-31)23-9-8-20(16-28-23)29-24-17-26-11-12-27-24/h3,6-9,11-12,15-17,19H,4-5,10,13-14,18H2,1-2H3,(H,27,29)/t19-/m0/s1. The number of ether oxygens (including phenoxy) is 1. The van der Waals surface area contributed by atoms with E-state index in [4.69, 9.17) is 4.74 Å². The lowest BCUT2D eigenvalue weighted by Crippen LogP contribution is -2.40. The van der Waals surface area contributed by atoms with Gasteiger partial charge in [-0.25, -0.2) is 4.98 Å². The van der Waals surface area contributed by atoms with Crippen LogP contribution in [0.4, 0.5) is 17.2 Å². The number of amides is 1. The molecule has 1 N–H and O–H groups in total. The van der Waals surface area contributed by atoms with Gasteiger partial charge in [-0.15, -0.1) is 0 Å². The molecule has 0 spiro atoms. The Balaban J connectivity index is 1.30. The molecular formula is C25H30N6O2. The molecule has 1 atom stereocenters. The second-order valence-electron chi connectivity index (χ2n) is 8.24. The zero-order chi connectivity index (χ0) is 23.0. The molecule has 33 heavy (non-hydrogen) atoms. The van der Waals surface area contributed by atoms with E-state index in [9.17, 15) is 4.79 Å². The van der Waals surface area contributed by atoms with Crippen molar-refractivity contribution in [3.05, 3.63) is 66.9 Å². The van der Waals surface area contributed by atoms with Crippen molar-refractivity contribution in [2.24, 2.45) is 0 Å². The van der Waals surface area contributed by atoms with Gasteiger partial charge in [0.2, 0.25) is 5.91 Å². The summed E-state index contributed by atoms with van der Waals surface area (Å²) < 4.78 is 5.30. The molecule has 1 aliphatic rings. The van der Waals surface area contributed by atoms with Crippen LogP contribution in [0.1, 0.15) is 30.9 Å². The second-order valence-corrected chi connectivity index (χ2v) is 8.24. The zero-order valence-corrected chi connectivity index (χ0v) is 19.1. The number of pyridine rings is 1. The summed E-state index contributed by atoms with van der Waals surface area (Å²) in [6, 6.07) is 11.9. The van der Waals surface area contributed by atoms with E-state index in [2.05, 4.69) is 25.2 Å². The molecule has 8 heteroatoms. The number of benzene rings is 1. The van der Waals surface area contributed by atoms with E-state index < -0.39 is 0 Å². The third-order valence-corrected chi connectivity index (χ3v) is 5.97. The summed E-state index contributed by atoms with van der Waals surface area (Å²) in [7, 11) is 3.66. The zero-order valence-electron chi connectivity index (χ0n) is 19.1. The van der Waals surface area contributed by atoms with E-state index in [0.29, 0.717) is 25.3 Å². The fraction of sp³-hybridized carbons (Fsp3) is 0.360. The molecule has 1 amide bonds. The highest BCUT2D eigenvalue weighted by Crippen LogP contribution is 2.27. The molecule has 3 heterocycles. The van der Waals surface area contributed by atoms with Gasteiger partial charge in [-0.05, 0) is 37.1 Å². The highest BCUT2D eigenvalue weighted by molar-refractivity contribution is 5.77. The molecule has 1 aliphatic heterocycles. The van der Waals surface area contributed by atoms with E-state index in [1.807, 2.05) is 54.5 Å². The Morgan fingerprint density at radius 2 is 2.12 bits per heavy atom. The Bertz CT molecular complexity index is 1040. The molecule has 172 valence electrons. The van der Waals surface area contributed by atoms with Crippen LogP contribution in [0.2, 0.25) is 0 Å². The SMILES string of the molecule is COc1cccc(N(C)CCC(=O)N2CCC[C@H](c3ccc(Nc4cnccn4)cn3)C2)c1. The molecular weight excluding hydrogens is 416 g/mol. The van der Waals surface area contributed by atoms with Gasteiger partial charge in [0.05, 0.1) is 25.2 Å². The summed E-state index contributed by atoms with van der Waals surface area (Å²) in [5.74, 6) is 1.94. The second kappa shape index (κ2) is 10.8. The summed E-state index contributed by atoms with van der Waals surface area (Å²) >= 11 is 0. The van der Waals surface area contributed by atoms with Crippen LogP contribution in [0.3, 0.4) is 0 Å². The average Bonchev–Trinajstić information content (AvgIpc) is 2.88. The number of hydrogen-bond donors (Lipinski definition) is 1. The lowest BCUT2D eigenvalue weighted by atomic mass is 9.94. The van der Waals surface area contributed by atoms with Crippen molar-refractivity contribution in [2.75, 3.05) is 44.0 Å². The number of aromatic nitrogens is 3. The number of likely N-dealkylation sites (tertiary alicyclic amines) is 1. The van der Waals surface area contributed by atoms with Gasteiger partial charge >= 0.3 is 0 Å². The summed E-state index contributed by atoms with van der Waals surface area (Å²) in [5.41, 5.74) is 2.92. The minimum atomic E-state index is 0.190. The molecule has 0 radical (unpaired) electrons. The third kappa shape index (κ3) is 5.97. The molecule has 2 aromatic heterocycles. The van der Waals surface area contributed by atoms with Crippen molar-refractivity contribution in [2.45, 2.75) is 25.2 Å². The average molecular weight is 447 g/mol. The van der Waals surface area contributed by atoms with Gasteiger partial charge in [0, 0.05) is 68.9 Å². The van der Waals surface area contributed by atoms with Gasteiger partial charge in [0.15, 0.2) is 0 Å². The van der Waals surface area contributed by atoms with E-state index >= 15 is 0 Å². The Kier molecular flexibility index (Phi) is 7.34. The number of piperidine rings is 1. The third-order valence-electron chi connectivity index (χ3n) is 5.97. The van der Waals surface area contributed by atoms with E-state index in [1.54, 1.807) is 25.7 Å². The largest absolute Gasteiger partial charge is 0.497 e. The number of nitrogens with one attached hydrogen (secondary N) is 1. The Morgan fingerprint density at radius 1 is 1.21 bits per heavy atom. The molecule has 8 nitrogen and oxygen atoms in total. The van der Waals surface area contributed by atoms with Crippen molar-refractivity contribution in [1.82, 2.24) is 19.9 Å². The van der Waals surface area contributed by atoms with Crippen molar-refractivity contribution in [3.63, 3.8) is 0 Å². The number of nitrogens with zero attached hydrogens (tertiary/aromatic N) is 5. The number of anilines is 3. The Morgan fingerprint density at radius 3 is 2.88 bits per heavy atom. The van der Waals surface area contributed by atoms with Gasteiger partial charge in [-0.3, -0.25) is 14.8 Å². The first-order valence-electron chi connectivity index (χ1n) is 11.2. The van der Waals surface area contributed by atoms with Gasteiger partial charge in [0.25, 0.3) is 0 Å². The van der Waals surface area contributed by atoms with Crippen LogP contribution >= 0.6 is 0 Å². The monoisotopic (exact) mass is 446 g/mol. The van der Waals surface area contributed by atoms with Gasteiger partial charge in [-0.1, -0.05) is 6.07 Å². The predicted molar refractivity (Wildman–Crippen MR) is 129 cm³/mol. The molecule has 0 bridgehead atoms. The normalized spacial score (nSPS) is 15.7. The molecule has 1 aromatic carbocycles. The molecule has 0 unspecified atom stereocenters. The van der Waals surface area contributed by atoms with Crippen molar-refractivity contribution < 1.29 is 9.53 Å². The van der Waals surface area contributed by atoms with E-state index in [0.717, 1.165) is 42.2 Å². The quantitative estimate of drug-likeness (QED) is 0.563. The Labute approximate surface area is 194 Å². The van der Waals surface area contributed by atoms with Gasteiger partial charge in [0.1, 0.15) is 11.6 Å². The van der Waals surface area contributed by atoms with Crippen molar-refractivity contribution >= 4 is 23.1 Å². The molecule has 0 saturated carbocycles. The van der Waals surface area contributed by atoms with Crippen LogP contribution in [0.25, 0.3) is 0 Å². The number of methoxy groups -OCH3 is 1. The van der Waals surface area contributed by atoms with Crippen LogP contribution in [0, 0.1) is 0 Å². The first kappa shape index (κ1) is 22.5. The van der Waals surface area contributed by atoms with Gasteiger partial charge in [-0.2, -0.15) is 0 Å². The summed E-state index contributed by atoms with van der Waals surface area (Å²) in [5, 5.41) is 3.20. The minimum absolute atomic E-state index is 0.190. The highest BCUT2D eigenvalue weighted by atomic mass is 16.5. The van der Waals surface area contributed by atoms with Gasteiger partial charge < -0.3 is 19.9 Å². The van der Waals surface area contributed by atoms with Crippen LogP contribution in [0.15, 0.2) is 61.2 Å². The number of hydrogen-bond acceptors (Lipinski definition) is 7. The number of carbonyl (C=O) groups excluding carboxylic acids is 1. The van der Waals surface area contributed by atoms with E-state index in [-0.39, 0.29) is 11.8 Å². The number of rotatable bonds is 8. The summed E-state index contributed by atoms with van der Waals surface area (Å²) in [6.07, 6.45) is 9.28. The first-order chi connectivity index (χ1) is 16.1. The summed E-state index contributed by atoms with van der Waals surface area (Å²) in [6.45, 7) is 2.18. The molecule has 4 rings (SSSR count). The smallest absolute Gasteiger partial charge is 0.224 e. The fourth-order valence-corrected chi connectivity index (χ4v) is 4.08. The molecule has 0 aliphatic carbocycles.